The Hall–Kier alpha value is -1.50. The first-order valence-electron chi connectivity index (χ1n) is 6.28. The Kier molecular flexibility index (Phi) is 6.41. The fourth-order valence-electron chi connectivity index (χ4n) is 1.54. The molecule has 0 fully saturated rings. The van der Waals surface area contributed by atoms with Crippen molar-refractivity contribution in [2.24, 2.45) is 5.73 Å². The number of anilines is 1. The van der Waals surface area contributed by atoms with Gasteiger partial charge in [0.05, 0.1) is 13.2 Å². The minimum atomic E-state index is -2.46. The monoisotopic (exact) mass is 274 g/mol. The summed E-state index contributed by atoms with van der Waals surface area (Å²) in [6.07, 6.45) is -1.61. The molecule has 0 radical (unpaired) electrons. The van der Waals surface area contributed by atoms with Crippen molar-refractivity contribution in [3.8, 4) is 5.88 Å². The van der Waals surface area contributed by atoms with Gasteiger partial charge in [-0.2, -0.15) is 4.98 Å². The van der Waals surface area contributed by atoms with E-state index in [4.69, 9.17) is 10.5 Å². The molecule has 0 amide bonds. The fraction of sp³-hybridized carbons (Fsp3) is 0.667. The summed E-state index contributed by atoms with van der Waals surface area (Å²) in [7, 11) is 0. The summed E-state index contributed by atoms with van der Waals surface area (Å²) in [5.74, 6) is 0.637. The summed E-state index contributed by atoms with van der Waals surface area (Å²) in [4.78, 5) is 9.68. The van der Waals surface area contributed by atoms with E-state index in [2.05, 4.69) is 9.97 Å². The Labute approximate surface area is 111 Å². The van der Waals surface area contributed by atoms with Crippen LogP contribution in [0.1, 0.15) is 19.0 Å². The van der Waals surface area contributed by atoms with Crippen LogP contribution >= 0.6 is 0 Å². The van der Waals surface area contributed by atoms with Gasteiger partial charge in [0.15, 0.2) is 0 Å². The van der Waals surface area contributed by atoms with Crippen molar-refractivity contribution in [1.29, 1.82) is 0 Å². The third kappa shape index (κ3) is 5.34. The third-order valence-corrected chi connectivity index (χ3v) is 2.31. The van der Waals surface area contributed by atoms with E-state index in [0.717, 1.165) is 6.42 Å². The van der Waals surface area contributed by atoms with Gasteiger partial charge in [-0.15, -0.1) is 0 Å². The van der Waals surface area contributed by atoms with Crippen LogP contribution in [0.5, 0.6) is 5.88 Å². The number of halogens is 2. The van der Waals surface area contributed by atoms with Crippen molar-refractivity contribution in [2.45, 2.75) is 26.7 Å². The van der Waals surface area contributed by atoms with E-state index < -0.39 is 13.0 Å². The van der Waals surface area contributed by atoms with E-state index in [1.807, 2.05) is 6.92 Å². The van der Waals surface area contributed by atoms with Gasteiger partial charge in [0.1, 0.15) is 0 Å². The number of hydrogen-bond acceptors (Lipinski definition) is 5. The van der Waals surface area contributed by atoms with E-state index >= 15 is 0 Å². The highest BCUT2D eigenvalue weighted by Crippen LogP contribution is 2.16. The molecule has 5 nitrogen and oxygen atoms in total. The van der Waals surface area contributed by atoms with Gasteiger partial charge in [-0.1, -0.05) is 6.92 Å². The summed E-state index contributed by atoms with van der Waals surface area (Å²) in [5.41, 5.74) is 6.10. The van der Waals surface area contributed by atoms with Crippen molar-refractivity contribution in [3.63, 3.8) is 0 Å². The van der Waals surface area contributed by atoms with Crippen molar-refractivity contribution >= 4 is 5.95 Å². The van der Waals surface area contributed by atoms with Gasteiger partial charge in [-0.05, 0) is 13.3 Å². The second-order valence-corrected chi connectivity index (χ2v) is 4.12. The number of aryl methyl sites for hydroxylation is 1. The lowest BCUT2D eigenvalue weighted by atomic mass is 10.4. The van der Waals surface area contributed by atoms with Crippen LogP contribution in [0.2, 0.25) is 0 Å². The molecule has 108 valence electrons. The SMILES string of the molecule is CCCOc1cc(C)nc(N(CCN)CC(F)F)n1. The standard InChI is InChI=1S/C12H20F2N4O/c1-3-6-19-11-7-9(2)16-12(17-11)18(5-4-15)8-10(13)14/h7,10H,3-6,8,15H2,1-2H3. The van der Waals surface area contributed by atoms with E-state index in [0.29, 0.717) is 18.2 Å². The molecule has 1 heterocycles. The van der Waals surface area contributed by atoms with Gasteiger partial charge >= 0.3 is 0 Å². The molecule has 0 aliphatic rings. The smallest absolute Gasteiger partial charge is 0.255 e. The highest BCUT2D eigenvalue weighted by Gasteiger charge is 2.16. The van der Waals surface area contributed by atoms with Gasteiger partial charge < -0.3 is 15.4 Å². The molecule has 19 heavy (non-hydrogen) atoms. The van der Waals surface area contributed by atoms with Gasteiger partial charge in [-0.3, -0.25) is 0 Å². The molecule has 1 rings (SSSR count). The zero-order valence-electron chi connectivity index (χ0n) is 11.3. The quantitative estimate of drug-likeness (QED) is 0.780. The second-order valence-electron chi connectivity index (χ2n) is 4.12. The lowest BCUT2D eigenvalue weighted by Gasteiger charge is -2.22. The van der Waals surface area contributed by atoms with Gasteiger partial charge in [0.2, 0.25) is 11.8 Å². The molecule has 0 saturated heterocycles. The molecular formula is C12H20F2N4O. The molecule has 0 bridgehead atoms. The predicted octanol–water partition coefficient (Wildman–Crippen LogP) is 1.60. The van der Waals surface area contributed by atoms with Crippen molar-refractivity contribution < 1.29 is 13.5 Å². The summed E-state index contributed by atoms with van der Waals surface area (Å²) in [5, 5.41) is 0. The van der Waals surface area contributed by atoms with Crippen molar-refractivity contribution in [2.75, 3.05) is 31.1 Å². The molecule has 0 aliphatic carbocycles. The Morgan fingerprint density at radius 1 is 1.42 bits per heavy atom. The maximum Gasteiger partial charge on any atom is 0.255 e. The lowest BCUT2D eigenvalue weighted by Crippen LogP contribution is -2.35. The largest absolute Gasteiger partial charge is 0.478 e. The maximum atomic E-state index is 12.5. The number of aromatic nitrogens is 2. The van der Waals surface area contributed by atoms with E-state index in [1.165, 1.54) is 4.90 Å². The zero-order chi connectivity index (χ0) is 14.3. The fourth-order valence-corrected chi connectivity index (χ4v) is 1.54. The van der Waals surface area contributed by atoms with E-state index in [1.54, 1.807) is 13.0 Å². The topological polar surface area (TPSA) is 64.3 Å². The average Bonchev–Trinajstić information content (AvgIpc) is 2.34. The number of rotatable bonds is 8. The lowest BCUT2D eigenvalue weighted by molar-refractivity contribution is 0.154. The Bertz CT molecular complexity index is 390. The second kappa shape index (κ2) is 7.83. The molecule has 1 aromatic heterocycles. The van der Waals surface area contributed by atoms with Crippen LogP contribution in [-0.2, 0) is 0 Å². The molecule has 0 saturated carbocycles. The summed E-state index contributed by atoms with van der Waals surface area (Å²) in [6.45, 7) is 4.38. The summed E-state index contributed by atoms with van der Waals surface area (Å²) in [6, 6.07) is 1.68. The van der Waals surface area contributed by atoms with Gasteiger partial charge in [0, 0.05) is 24.8 Å². The molecule has 0 unspecified atom stereocenters. The van der Waals surface area contributed by atoms with Crippen molar-refractivity contribution in [3.05, 3.63) is 11.8 Å². The number of nitrogens with zero attached hydrogens (tertiary/aromatic N) is 3. The first-order chi connectivity index (χ1) is 9.06. The summed E-state index contributed by atoms with van der Waals surface area (Å²) >= 11 is 0. The van der Waals surface area contributed by atoms with Crippen molar-refractivity contribution in [1.82, 2.24) is 9.97 Å². The Morgan fingerprint density at radius 2 is 2.16 bits per heavy atom. The van der Waals surface area contributed by atoms with Crippen LogP contribution in [-0.4, -0.2) is 42.6 Å². The van der Waals surface area contributed by atoms with Crippen LogP contribution in [0.15, 0.2) is 6.07 Å². The first-order valence-corrected chi connectivity index (χ1v) is 6.28. The predicted molar refractivity (Wildman–Crippen MR) is 69.8 cm³/mol. The molecule has 0 spiro atoms. The molecule has 0 atom stereocenters. The highest BCUT2D eigenvalue weighted by molar-refractivity contribution is 5.34. The molecule has 2 N–H and O–H groups in total. The minimum Gasteiger partial charge on any atom is -0.478 e. The molecule has 7 heteroatoms. The van der Waals surface area contributed by atoms with Gasteiger partial charge in [-0.25, -0.2) is 13.8 Å². The first kappa shape index (κ1) is 15.6. The Balaban J connectivity index is 2.90. The van der Waals surface area contributed by atoms with Gasteiger partial charge in [0.25, 0.3) is 6.43 Å². The van der Waals surface area contributed by atoms with Crippen LogP contribution in [0.4, 0.5) is 14.7 Å². The average molecular weight is 274 g/mol. The zero-order valence-corrected chi connectivity index (χ0v) is 11.3. The van der Waals surface area contributed by atoms with E-state index in [9.17, 15) is 8.78 Å². The number of hydrogen-bond donors (Lipinski definition) is 1. The molecular weight excluding hydrogens is 254 g/mol. The molecule has 0 aliphatic heterocycles. The van der Waals surface area contributed by atoms with Crippen LogP contribution in [0.3, 0.4) is 0 Å². The third-order valence-electron chi connectivity index (χ3n) is 2.31. The molecule has 0 aromatic carbocycles. The Morgan fingerprint density at radius 3 is 2.74 bits per heavy atom. The molecule has 1 aromatic rings. The van der Waals surface area contributed by atoms with Crippen LogP contribution in [0, 0.1) is 6.92 Å². The summed E-state index contributed by atoms with van der Waals surface area (Å²) < 4.78 is 30.5. The number of ether oxygens (including phenoxy) is 1. The van der Waals surface area contributed by atoms with E-state index in [-0.39, 0.29) is 19.0 Å². The van der Waals surface area contributed by atoms with Crippen LogP contribution in [0.25, 0.3) is 0 Å². The minimum absolute atomic E-state index is 0.233. The maximum absolute atomic E-state index is 12.5. The highest BCUT2D eigenvalue weighted by atomic mass is 19.3. The van der Waals surface area contributed by atoms with Crippen LogP contribution < -0.4 is 15.4 Å². The number of alkyl halides is 2. The normalized spacial score (nSPS) is 10.8. The number of nitrogens with two attached hydrogens (primary N) is 1.